The number of amides is 4. The van der Waals surface area contributed by atoms with Gasteiger partial charge in [-0.25, -0.2) is 9.59 Å². The summed E-state index contributed by atoms with van der Waals surface area (Å²) in [6.07, 6.45) is -0.609. The zero-order valence-electron chi connectivity index (χ0n) is 31.5. The normalized spacial score (nSPS) is 21.5. The molecule has 16 nitrogen and oxygen atoms in total. The Morgan fingerprint density at radius 3 is 1.50 bits per heavy atom. The van der Waals surface area contributed by atoms with Gasteiger partial charge in [0.2, 0.25) is 11.8 Å². The Labute approximate surface area is 299 Å². The van der Waals surface area contributed by atoms with Gasteiger partial charge in [-0.2, -0.15) is 0 Å². The minimum atomic E-state index is -0.534. The number of nitrogens with zero attached hydrogens (tertiary/aromatic N) is 6. The van der Waals surface area contributed by atoms with Gasteiger partial charge in [0, 0.05) is 105 Å². The summed E-state index contributed by atoms with van der Waals surface area (Å²) in [5.41, 5.74) is -0.921. The topological polar surface area (TPSA) is 149 Å². The van der Waals surface area contributed by atoms with E-state index in [9.17, 15) is 19.2 Å². The van der Waals surface area contributed by atoms with Crippen molar-refractivity contribution >= 4 is 24.0 Å². The number of piperazine rings is 3. The molecule has 5 aliphatic heterocycles. The first-order valence-electron chi connectivity index (χ1n) is 18.2. The first-order chi connectivity index (χ1) is 23.7. The minimum absolute atomic E-state index is 0.00892. The van der Waals surface area contributed by atoms with Gasteiger partial charge in [0.15, 0.2) is 0 Å². The molecule has 2 N–H and O–H groups in total. The molecule has 0 atom stereocenters. The summed E-state index contributed by atoms with van der Waals surface area (Å²) in [7, 11) is 0. The number of morpholine rings is 2. The molecule has 0 spiro atoms. The van der Waals surface area contributed by atoms with Crippen LogP contribution in [0.25, 0.3) is 0 Å². The molecule has 0 aromatic rings. The van der Waals surface area contributed by atoms with Crippen molar-refractivity contribution in [3.05, 3.63) is 0 Å². The van der Waals surface area contributed by atoms with E-state index in [0.29, 0.717) is 26.2 Å². The second-order valence-electron chi connectivity index (χ2n) is 15.0. The van der Waals surface area contributed by atoms with E-state index in [4.69, 9.17) is 18.9 Å². The smallest absolute Gasteiger partial charge is 0.410 e. The van der Waals surface area contributed by atoms with Crippen LogP contribution in [-0.2, 0) is 28.5 Å². The van der Waals surface area contributed by atoms with Crippen molar-refractivity contribution in [3.8, 4) is 0 Å². The van der Waals surface area contributed by atoms with E-state index in [0.717, 1.165) is 112 Å². The lowest BCUT2D eigenvalue weighted by atomic mass is 10.2. The maximum Gasteiger partial charge on any atom is 0.410 e. The van der Waals surface area contributed by atoms with Crippen LogP contribution >= 0.6 is 0 Å². The predicted octanol–water partition coefficient (Wildman–Crippen LogP) is -0.0250. The molecule has 5 fully saturated rings. The van der Waals surface area contributed by atoms with Crippen molar-refractivity contribution in [2.75, 3.05) is 144 Å². The number of carbonyl (C=O) groups excluding carboxylic acids is 4. The molecule has 4 amide bonds. The van der Waals surface area contributed by atoms with E-state index in [-0.39, 0.29) is 30.1 Å². The van der Waals surface area contributed by atoms with E-state index in [2.05, 4.69) is 20.4 Å². The Morgan fingerprint density at radius 2 is 1.04 bits per heavy atom. The lowest BCUT2D eigenvalue weighted by molar-refractivity contribution is -0.136. The van der Waals surface area contributed by atoms with Crippen molar-refractivity contribution in [2.24, 2.45) is 0 Å². The first kappa shape index (κ1) is 41.7. The molecule has 50 heavy (non-hydrogen) atoms. The van der Waals surface area contributed by atoms with Gasteiger partial charge in [-0.1, -0.05) is 0 Å². The van der Waals surface area contributed by atoms with Gasteiger partial charge in [0.1, 0.15) is 17.7 Å². The van der Waals surface area contributed by atoms with Crippen LogP contribution < -0.4 is 10.6 Å². The molecule has 0 unspecified atom stereocenters. The molecule has 0 saturated carbocycles. The summed E-state index contributed by atoms with van der Waals surface area (Å²) in [5.74, 6) is 0.222. The fraction of sp³-hybridized carbons (Fsp3) is 0.882. The molecule has 5 heterocycles. The van der Waals surface area contributed by atoms with Gasteiger partial charge in [-0.05, 0) is 41.5 Å². The van der Waals surface area contributed by atoms with E-state index >= 15 is 0 Å². The largest absolute Gasteiger partial charge is 0.444 e. The van der Waals surface area contributed by atoms with Gasteiger partial charge in [0.05, 0.1) is 33.0 Å². The van der Waals surface area contributed by atoms with Crippen LogP contribution in [0, 0.1) is 0 Å². The molecule has 0 radical (unpaired) electrons. The summed E-state index contributed by atoms with van der Waals surface area (Å²) in [4.78, 5) is 58.8. The Hall–Kier alpha value is -2.76. The Kier molecular flexibility index (Phi) is 17.4. The average molecular weight is 713 g/mol. The van der Waals surface area contributed by atoms with Crippen LogP contribution in [0.5, 0.6) is 0 Å². The third-order valence-electron chi connectivity index (χ3n) is 8.51. The third kappa shape index (κ3) is 16.5. The van der Waals surface area contributed by atoms with Crippen molar-refractivity contribution in [3.63, 3.8) is 0 Å². The van der Waals surface area contributed by atoms with Crippen LogP contribution in [-0.4, -0.2) is 209 Å². The lowest BCUT2D eigenvalue weighted by Gasteiger charge is -2.36. The Bertz CT molecular complexity index is 1050. The highest BCUT2D eigenvalue weighted by Crippen LogP contribution is 2.13. The maximum absolute atomic E-state index is 12.2. The molecule has 16 heteroatoms. The highest BCUT2D eigenvalue weighted by molar-refractivity contribution is 5.83. The first-order valence-corrected chi connectivity index (χ1v) is 18.2. The van der Waals surface area contributed by atoms with Gasteiger partial charge in [-0.15, -0.1) is 0 Å². The number of nitrogens with one attached hydrogen (secondary N) is 2. The second-order valence-corrected chi connectivity index (χ2v) is 15.0. The van der Waals surface area contributed by atoms with E-state index in [1.54, 1.807) is 4.90 Å². The van der Waals surface area contributed by atoms with E-state index in [1.807, 2.05) is 51.3 Å². The second kappa shape index (κ2) is 20.9. The van der Waals surface area contributed by atoms with Crippen LogP contribution in [0.1, 0.15) is 41.5 Å². The fourth-order valence-electron chi connectivity index (χ4n) is 5.66. The van der Waals surface area contributed by atoms with Crippen LogP contribution in [0.2, 0.25) is 0 Å². The van der Waals surface area contributed by atoms with Crippen LogP contribution in [0.15, 0.2) is 0 Å². The highest BCUT2D eigenvalue weighted by Gasteiger charge is 2.30. The number of carbonyl (C=O) groups is 4. The van der Waals surface area contributed by atoms with Crippen molar-refractivity contribution < 1.29 is 38.1 Å². The van der Waals surface area contributed by atoms with Gasteiger partial charge < -0.3 is 44.3 Å². The summed E-state index contributed by atoms with van der Waals surface area (Å²) < 4.78 is 21.1. The highest BCUT2D eigenvalue weighted by atomic mass is 16.6. The van der Waals surface area contributed by atoms with Gasteiger partial charge in [0.25, 0.3) is 0 Å². The Morgan fingerprint density at radius 1 is 0.580 bits per heavy atom. The Balaban J connectivity index is 0.000000212. The standard InChI is InChI=1S/C15H27N3O4.C10H19N3O2.C9H18N2O2/c1-15(2,3)22-14(20)18-7-6-17(13(19)12-18)5-4-16-8-10-21-11-9-16;14-10-9-11-1-2-13(10)4-3-12-5-7-15-8-6-12;1-9(2,3)13-8(12)11-6-4-10-5-7-11/h4-12H2,1-3H3;11H,1-9H2;10H,4-7H2,1-3H3. The zero-order chi connectivity index (χ0) is 36.6. The molecule has 5 saturated heterocycles. The predicted molar refractivity (Wildman–Crippen MR) is 189 cm³/mol. The number of ether oxygens (including phenoxy) is 4. The summed E-state index contributed by atoms with van der Waals surface area (Å²) in [5, 5.41) is 6.26. The molecular formula is C34H64N8O8. The average Bonchev–Trinajstić information content (AvgIpc) is 3.08. The molecule has 0 aliphatic carbocycles. The van der Waals surface area contributed by atoms with E-state index in [1.165, 1.54) is 4.90 Å². The van der Waals surface area contributed by atoms with Crippen LogP contribution in [0.4, 0.5) is 9.59 Å². The van der Waals surface area contributed by atoms with E-state index < -0.39 is 11.7 Å². The SMILES string of the molecule is CC(C)(C)OC(=O)N1CCN(CCN2CCOCC2)C(=O)C1.CC(C)(C)OC(=O)N1CCNCC1.O=C1CNCCN1CCN1CCOCC1. The number of rotatable bonds is 6. The molecule has 5 rings (SSSR count). The molecule has 5 aliphatic rings. The minimum Gasteiger partial charge on any atom is -0.444 e. The quantitative estimate of drug-likeness (QED) is 0.381. The molecular weight excluding hydrogens is 648 g/mol. The van der Waals surface area contributed by atoms with Crippen LogP contribution in [0.3, 0.4) is 0 Å². The molecule has 0 aromatic heterocycles. The van der Waals surface area contributed by atoms with Crippen molar-refractivity contribution in [1.82, 2.24) is 40.0 Å². The third-order valence-corrected chi connectivity index (χ3v) is 8.51. The molecule has 0 aromatic carbocycles. The fourth-order valence-corrected chi connectivity index (χ4v) is 5.66. The van der Waals surface area contributed by atoms with Gasteiger partial charge in [-0.3, -0.25) is 24.3 Å². The summed E-state index contributed by atoms with van der Waals surface area (Å²) in [6, 6.07) is 0. The monoisotopic (exact) mass is 712 g/mol. The number of hydrogen-bond donors (Lipinski definition) is 2. The van der Waals surface area contributed by atoms with Gasteiger partial charge >= 0.3 is 12.2 Å². The summed E-state index contributed by atoms with van der Waals surface area (Å²) in [6.45, 7) is 28.3. The molecule has 0 bridgehead atoms. The lowest BCUT2D eigenvalue weighted by Crippen LogP contribution is -2.54. The summed E-state index contributed by atoms with van der Waals surface area (Å²) >= 11 is 0. The van der Waals surface area contributed by atoms with Crippen molar-refractivity contribution in [1.29, 1.82) is 0 Å². The number of hydrogen-bond acceptors (Lipinski definition) is 12. The van der Waals surface area contributed by atoms with Crippen molar-refractivity contribution in [2.45, 2.75) is 52.7 Å². The molecule has 288 valence electrons. The zero-order valence-corrected chi connectivity index (χ0v) is 31.5. The maximum atomic E-state index is 12.2.